The third kappa shape index (κ3) is 31.9. The molecule has 90 heavy (non-hydrogen) atoms. The molecule has 0 aliphatic heterocycles. The standard InChI is InChI=1S/C20H21NO6.C13H15NO6.C13H14O6.C9H7NO6.C2H6O.CH2Cl2.Na.H2O/c1-3-25-19(23)16-10-15(11-17(12-16)20(24)26-4-2)18(22)21-27-13-14-8-6-5-7-9-14;1-3-19-12(16)9-5-8(11(15)14-18)6-10(7-9)13(17)20-4-2;1-3-18-12(16)9-5-8(11(14)15)6-10(7-9)13(17)19-4-2;11-7(10-16)4-1-5(8(12)13)3-6(2-4)9(14)15;1-2-3;2-1-3;;/h5-12H,3-4,13H2,1-2H3,(H,21,22);5-7,18H,3-4H2,1-2H3,(H,14,15);5-7H,3-4H2,1-2H3,(H,14,15);1-3,16H,(H,10,11)(H,12,13)(H,14,15);3H,2H2,1H3;1H2;;1H2/q;;;;;;+1;/p-1. The number of hydrogen-bond acceptors (Lipinski definition) is 23. The zero-order chi connectivity index (χ0) is 66.9. The Labute approximate surface area is 546 Å². The van der Waals surface area contributed by atoms with Crippen molar-refractivity contribution in [1.82, 2.24) is 16.4 Å². The van der Waals surface area contributed by atoms with Crippen LogP contribution in [0.1, 0.15) is 178 Å². The summed E-state index contributed by atoms with van der Waals surface area (Å²) in [5.74, 6) is -10.4. The van der Waals surface area contributed by atoms with Gasteiger partial charge in [0.1, 0.15) is 0 Å². The number of aliphatic hydroxyl groups excluding tert-OH is 1. The minimum absolute atomic E-state index is 0. The largest absolute Gasteiger partial charge is 1.00 e. The molecule has 0 radical (unpaired) electrons. The predicted molar refractivity (Wildman–Crippen MR) is 311 cm³/mol. The summed E-state index contributed by atoms with van der Waals surface area (Å²) in [4.78, 5) is 143. The molecule has 0 saturated carbocycles. The maximum Gasteiger partial charge on any atom is 1.00 e. The first-order chi connectivity index (χ1) is 41.8. The molecular formula is C58H66Cl2N3NaO26. The number of aromatic carboxylic acids is 3. The summed E-state index contributed by atoms with van der Waals surface area (Å²) in [6, 6.07) is 23.4. The van der Waals surface area contributed by atoms with Gasteiger partial charge in [-0.05, 0) is 127 Å². The van der Waals surface area contributed by atoms with Crippen LogP contribution in [0.5, 0.6) is 0 Å². The second-order valence-corrected chi connectivity index (χ2v) is 16.7. The van der Waals surface area contributed by atoms with Gasteiger partial charge >= 0.3 is 83.3 Å². The van der Waals surface area contributed by atoms with Crippen LogP contribution >= 0.6 is 23.2 Å². The van der Waals surface area contributed by atoms with E-state index in [0.717, 1.165) is 35.9 Å². The summed E-state index contributed by atoms with van der Waals surface area (Å²) in [5.41, 5.74) is 5.02. The first-order valence-electron chi connectivity index (χ1n) is 25.8. The number of amides is 3. The van der Waals surface area contributed by atoms with Gasteiger partial charge < -0.3 is 54.3 Å². The fourth-order valence-corrected chi connectivity index (χ4v) is 6.21. The number of esters is 6. The predicted octanol–water partition coefficient (Wildman–Crippen LogP) is 4.25. The fraction of sp³-hybridized carbons (Fsp3) is 0.276. The van der Waals surface area contributed by atoms with Gasteiger partial charge in [0.2, 0.25) is 0 Å². The van der Waals surface area contributed by atoms with Gasteiger partial charge in [0.15, 0.2) is 0 Å². The van der Waals surface area contributed by atoms with Gasteiger partial charge in [0, 0.05) is 23.3 Å². The summed E-state index contributed by atoms with van der Waals surface area (Å²) in [7, 11) is 0. The molecule has 0 atom stereocenters. The van der Waals surface area contributed by atoms with Crippen molar-refractivity contribution in [2.75, 3.05) is 51.6 Å². The van der Waals surface area contributed by atoms with Gasteiger partial charge in [-0.3, -0.25) is 29.6 Å². The molecule has 3 amide bonds. The third-order valence-corrected chi connectivity index (χ3v) is 9.78. The van der Waals surface area contributed by atoms with E-state index in [2.05, 4.69) is 5.48 Å². The molecular weight excluding hydrogens is 1250 g/mol. The zero-order valence-corrected chi connectivity index (χ0v) is 53.3. The number of benzene rings is 5. The van der Waals surface area contributed by atoms with Crippen LogP contribution in [-0.4, -0.2) is 159 Å². The average molecular weight is 1320 g/mol. The van der Waals surface area contributed by atoms with Gasteiger partial charge in [-0.2, -0.15) is 0 Å². The first-order valence-corrected chi connectivity index (χ1v) is 26.8. The molecule has 0 aliphatic carbocycles. The van der Waals surface area contributed by atoms with E-state index < -0.39 is 71.4 Å². The molecule has 0 saturated heterocycles. The van der Waals surface area contributed by atoms with Gasteiger partial charge in [-0.1, -0.05) is 30.3 Å². The average Bonchev–Trinajstić information content (AvgIpc) is 1.05. The minimum Gasteiger partial charge on any atom is -0.870 e. The summed E-state index contributed by atoms with van der Waals surface area (Å²) < 4.78 is 29.0. The molecule has 5 aromatic rings. The quantitative estimate of drug-likeness (QED) is 0.0124. The van der Waals surface area contributed by atoms with Crippen molar-refractivity contribution in [3.8, 4) is 0 Å². The van der Waals surface area contributed by atoms with E-state index in [-0.39, 0.29) is 160 Å². The van der Waals surface area contributed by atoms with Crippen molar-refractivity contribution in [1.29, 1.82) is 0 Å². The molecule has 0 aliphatic rings. The van der Waals surface area contributed by atoms with Crippen molar-refractivity contribution < 1.29 is 157 Å². The Balaban J connectivity index is -0.00000110. The number of hydrogen-bond donors (Lipinski definition) is 9. The smallest absolute Gasteiger partial charge is 0.870 e. The van der Waals surface area contributed by atoms with Crippen LogP contribution in [0.4, 0.5) is 0 Å². The number of aliphatic hydroxyl groups is 1. The molecule has 29 nitrogen and oxygen atoms in total. The van der Waals surface area contributed by atoms with E-state index in [4.69, 9.17) is 87.3 Å². The summed E-state index contributed by atoms with van der Waals surface area (Å²) in [6.45, 7) is 12.9. The molecule has 5 aromatic carbocycles. The number of hydroxylamine groups is 3. The van der Waals surface area contributed by atoms with E-state index in [9.17, 15) is 57.5 Å². The molecule has 0 fully saturated rings. The zero-order valence-electron chi connectivity index (χ0n) is 49.8. The number of nitrogens with one attached hydrogen (secondary N) is 3. The molecule has 0 unspecified atom stereocenters. The van der Waals surface area contributed by atoms with E-state index in [0.29, 0.717) is 0 Å². The maximum absolute atomic E-state index is 12.4. The number of halogens is 2. The topological polar surface area (TPSA) is 457 Å². The number of carboxylic acids is 3. The number of rotatable bonds is 21. The normalized spacial score (nSPS) is 9.38. The van der Waals surface area contributed by atoms with E-state index in [1.165, 1.54) is 53.4 Å². The SMILES string of the molecule is CCO.CCOC(=O)c1cc(C(=O)NO)cc(C(=O)OCC)c1.CCOC(=O)c1cc(C(=O)NOCc2ccccc2)cc(C(=O)OCC)c1.CCOC(=O)c1cc(C(=O)O)cc(C(=O)OCC)c1.ClCCl.O=C(O)c1cc(C(=O)O)cc(C(=O)NO)c1.[Na+].[OH-]. The monoisotopic (exact) mass is 1310 g/mol. The Hall–Kier alpha value is -8.88. The van der Waals surface area contributed by atoms with Gasteiger partial charge in [0.05, 0.1) is 102 Å². The van der Waals surface area contributed by atoms with Crippen molar-refractivity contribution >= 4 is 94.6 Å². The van der Waals surface area contributed by atoms with Crippen molar-refractivity contribution in [3.05, 3.63) is 175 Å². The second-order valence-electron chi connectivity index (χ2n) is 15.9. The molecule has 484 valence electrons. The van der Waals surface area contributed by atoms with Crippen LogP contribution in [0.3, 0.4) is 0 Å². The number of carbonyl (C=O) groups is 12. The van der Waals surface area contributed by atoms with E-state index >= 15 is 0 Å². The molecule has 5 rings (SSSR count). The molecule has 0 aromatic heterocycles. The molecule has 0 bridgehead atoms. The van der Waals surface area contributed by atoms with Crippen LogP contribution in [0.2, 0.25) is 0 Å². The molecule has 10 N–H and O–H groups in total. The van der Waals surface area contributed by atoms with Gasteiger partial charge in [-0.15, -0.1) is 23.2 Å². The third-order valence-electron chi connectivity index (χ3n) is 9.78. The van der Waals surface area contributed by atoms with Crippen LogP contribution in [0, 0.1) is 0 Å². The summed E-state index contributed by atoms with van der Waals surface area (Å²) >= 11 is 9.53. The Bertz CT molecular complexity index is 3040. The van der Waals surface area contributed by atoms with Crippen LogP contribution < -0.4 is 46.0 Å². The number of carbonyl (C=O) groups excluding carboxylic acids is 9. The van der Waals surface area contributed by atoms with Crippen molar-refractivity contribution in [2.45, 2.75) is 55.1 Å². The fourth-order valence-electron chi connectivity index (χ4n) is 6.21. The van der Waals surface area contributed by atoms with E-state index in [1.54, 1.807) is 48.5 Å². The Morgan fingerprint density at radius 1 is 0.378 bits per heavy atom. The van der Waals surface area contributed by atoms with E-state index in [1.807, 2.05) is 30.3 Å². The number of carboxylic acid groups (broad SMARTS) is 3. The van der Waals surface area contributed by atoms with Crippen LogP contribution in [0.15, 0.2) is 103 Å². The number of alkyl halides is 2. The Morgan fingerprint density at radius 3 is 0.800 bits per heavy atom. The van der Waals surface area contributed by atoms with Gasteiger partial charge in [0.25, 0.3) is 17.7 Å². The molecule has 0 spiro atoms. The Morgan fingerprint density at radius 2 is 0.578 bits per heavy atom. The van der Waals surface area contributed by atoms with Crippen molar-refractivity contribution in [2.24, 2.45) is 0 Å². The van der Waals surface area contributed by atoms with Gasteiger partial charge in [-0.25, -0.2) is 59.6 Å². The molecule has 32 heteroatoms. The second kappa shape index (κ2) is 48.1. The Kier molecular flexibility index (Phi) is 45.6. The first kappa shape index (κ1) is 85.3. The molecule has 0 heterocycles. The van der Waals surface area contributed by atoms with Crippen LogP contribution in [0.25, 0.3) is 0 Å². The summed E-state index contributed by atoms with van der Waals surface area (Å²) in [6.07, 6.45) is 0. The van der Waals surface area contributed by atoms with Crippen molar-refractivity contribution in [3.63, 3.8) is 0 Å². The number of ether oxygens (including phenoxy) is 6. The minimum atomic E-state index is -1.37. The maximum atomic E-state index is 12.4. The van der Waals surface area contributed by atoms with Crippen LogP contribution in [-0.2, 0) is 39.9 Å². The summed E-state index contributed by atoms with van der Waals surface area (Å²) in [5, 5.41) is 51.1.